The number of rotatable bonds is 5. The Morgan fingerprint density at radius 1 is 1.20 bits per heavy atom. The molecule has 1 saturated heterocycles. The largest absolute Gasteiger partial charge is 0.383 e. The molecule has 130 valence electrons. The summed E-state index contributed by atoms with van der Waals surface area (Å²) in [5.74, 6) is -0.248. The summed E-state index contributed by atoms with van der Waals surface area (Å²) in [6.07, 6.45) is 0.581. The first-order chi connectivity index (χ1) is 12.3. The number of ketones is 1. The minimum atomic E-state index is -1.11. The minimum absolute atomic E-state index is 0.248. The fraction of sp³-hybridized carbons (Fsp3) is 0.316. The van der Waals surface area contributed by atoms with Gasteiger partial charge < -0.3 is 14.8 Å². The zero-order valence-electron chi connectivity index (χ0n) is 13.7. The van der Waals surface area contributed by atoms with Crippen molar-refractivity contribution in [3.63, 3.8) is 0 Å². The van der Waals surface area contributed by atoms with Crippen LogP contribution in [0.1, 0.15) is 21.3 Å². The molecular formula is C19H20N2O3S. The van der Waals surface area contributed by atoms with Gasteiger partial charge in [-0.05, 0) is 17.5 Å². The molecule has 1 aliphatic heterocycles. The second kappa shape index (κ2) is 7.09. The molecule has 0 saturated carbocycles. The van der Waals surface area contributed by atoms with Crippen molar-refractivity contribution < 1.29 is 14.6 Å². The van der Waals surface area contributed by atoms with Crippen LogP contribution in [0.4, 0.5) is 0 Å². The maximum absolute atomic E-state index is 13.1. The molecule has 0 unspecified atom stereocenters. The zero-order chi connectivity index (χ0) is 17.2. The Labute approximate surface area is 149 Å². The quantitative estimate of drug-likeness (QED) is 0.690. The van der Waals surface area contributed by atoms with Crippen LogP contribution >= 0.6 is 11.3 Å². The van der Waals surface area contributed by atoms with Gasteiger partial charge >= 0.3 is 0 Å². The molecule has 0 radical (unpaired) electrons. The number of H-pyrrole nitrogens is 1. The van der Waals surface area contributed by atoms with Gasteiger partial charge in [0.25, 0.3) is 0 Å². The van der Waals surface area contributed by atoms with Crippen molar-refractivity contribution in [3.8, 4) is 0 Å². The molecule has 0 spiro atoms. The molecule has 4 rings (SSSR count). The van der Waals surface area contributed by atoms with Gasteiger partial charge in [0.1, 0.15) is 6.10 Å². The molecule has 0 aliphatic carbocycles. The first-order valence-electron chi connectivity index (χ1n) is 8.39. The van der Waals surface area contributed by atoms with E-state index in [1.165, 1.54) is 0 Å². The van der Waals surface area contributed by atoms with Crippen LogP contribution in [0.2, 0.25) is 0 Å². The number of aliphatic hydroxyl groups excluding tert-OH is 1. The highest BCUT2D eigenvalue weighted by Gasteiger charge is 2.35. The van der Waals surface area contributed by atoms with Crippen molar-refractivity contribution >= 4 is 28.0 Å². The fourth-order valence-corrected chi connectivity index (χ4v) is 4.32. The van der Waals surface area contributed by atoms with Crippen molar-refractivity contribution in [1.29, 1.82) is 0 Å². The number of nitrogens with zero attached hydrogens (tertiary/aromatic N) is 1. The minimum Gasteiger partial charge on any atom is -0.383 e. The molecule has 3 heterocycles. The molecule has 6 heteroatoms. The number of fused-ring (bicyclic) bond motifs is 1. The highest BCUT2D eigenvalue weighted by Crippen LogP contribution is 2.31. The van der Waals surface area contributed by atoms with Gasteiger partial charge in [0.05, 0.1) is 19.3 Å². The van der Waals surface area contributed by atoms with E-state index in [0.717, 1.165) is 15.8 Å². The van der Waals surface area contributed by atoms with Crippen molar-refractivity contribution in [1.82, 2.24) is 9.88 Å². The first-order valence-corrected chi connectivity index (χ1v) is 9.27. The van der Waals surface area contributed by atoms with E-state index in [9.17, 15) is 9.90 Å². The van der Waals surface area contributed by atoms with Crippen LogP contribution in [0.3, 0.4) is 0 Å². The van der Waals surface area contributed by atoms with Crippen molar-refractivity contribution in [2.75, 3.05) is 26.3 Å². The van der Waals surface area contributed by atoms with E-state index in [2.05, 4.69) is 9.88 Å². The summed E-state index contributed by atoms with van der Waals surface area (Å²) in [5.41, 5.74) is 1.44. The van der Waals surface area contributed by atoms with Crippen LogP contribution in [0, 0.1) is 0 Å². The van der Waals surface area contributed by atoms with E-state index in [4.69, 9.17) is 4.74 Å². The lowest BCUT2D eigenvalue weighted by Crippen LogP contribution is -2.45. The Bertz CT molecular complexity index is 853. The summed E-state index contributed by atoms with van der Waals surface area (Å²) in [7, 11) is 0. The molecular weight excluding hydrogens is 336 g/mol. The second-order valence-electron chi connectivity index (χ2n) is 6.17. The lowest BCUT2D eigenvalue weighted by atomic mass is 9.97. The third-order valence-corrected chi connectivity index (χ3v) is 5.64. The number of Topliss-reactive ketones (excluding diaryl/α,β-unsaturated/α-hetero) is 1. The third kappa shape index (κ3) is 3.14. The van der Waals surface area contributed by atoms with Gasteiger partial charge in [0, 0.05) is 40.6 Å². The Balaban J connectivity index is 1.67. The summed E-state index contributed by atoms with van der Waals surface area (Å²) >= 11 is 1.57. The Morgan fingerprint density at radius 2 is 2.00 bits per heavy atom. The Kier molecular flexibility index (Phi) is 4.67. The molecule has 2 N–H and O–H groups in total. The molecule has 3 aromatic rings. The molecule has 0 amide bonds. The average molecular weight is 356 g/mol. The van der Waals surface area contributed by atoms with Crippen molar-refractivity contribution in [2.24, 2.45) is 0 Å². The number of carbonyl (C=O) groups is 1. The number of hydrogen-bond acceptors (Lipinski definition) is 5. The van der Waals surface area contributed by atoms with Crippen molar-refractivity contribution in [3.05, 3.63) is 58.4 Å². The summed E-state index contributed by atoms with van der Waals surface area (Å²) in [5, 5.41) is 13.8. The number of aromatic amines is 1. The third-order valence-electron chi connectivity index (χ3n) is 4.70. The topological polar surface area (TPSA) is 65.6 Å². The summed E-state index contributed by atoms with van der Waals surface area (Å²) in [4.78, 5) is 19.3. The van der Waals surface area contributed by atoms with Gasteiger partial charge in [-0.3, -0.25) is 9.69 Å². The average Bonchev–Trinajstić information content (AvgIpc) is 3.32. The van der Waals surface area contributed by atoms with Gasteiger partial charge in [-0.2, -0.15) is 0 Å². The van der Waals surface area contributed by atoms with Gasteiger partial charge in [0.15, 0.2) is 5.78 Å². The number of aromatic nitrogens is 1. The van der Waals surface area contributed by atoms with E-state index in [1.807, 2.05) is 41.8 Å². The van der Waals surface area contributed by atoms with Crippen LogP contribution in [0.15, 0.2) is 48.0 Å². The number of para-hydroxylation sites is 1. The maximum atomic E-state index is 13.1. The van der Waals surface area contributed by atoms with Crippen LogP contribution in [0.25, 0.3) is 10.9 Å². The molecule has 1 aliphatic rings. The standard InChI is InChI=1S/C19H20N2O3S/c22-18(14-12-20-15-5-2-1-4-13(14)15)19(23)17(16-6-3-11-25-16)21-7-9-24-10-8-21/h1-6,11-12,17,19-20,23H,7-10H2/t17-,19-/m1/s1. The first kappa shape index (κ1) is 16.5. The van der Waals surface area contributed by atoms with Gasteiger partial charge in [-0.25, -0.2) is 0 Å². The Morgan fingerprint density at radius 3 is 2.76 bits per heavy atom. The molecule has 2 atom stereocenters. The highest BCUT2D eigenvalue weighted by molar-refractivity contribution is 7.10. The zero-order valence-corrected chi connectivity index (χ0v) is 14.5. The van der Waals surface area contributed by atoms with Gasteiger partial charge in [-0.15, -0.1) is 11.3 Å². The number of nitrogens with one attached hydrogen (secondary N) is 1. The van der Waals surface area contributed by atoms with Crippen LogP contribution in [0.5, 0.6) is 0 Å². The van der Waals surface area contributed by atoms with Crippen LogP contribution < -0.4 is 0 Å². The van der Waals surface area contributed by atoms with E-state index in [-0.39, 0.29) is 11.8 Å². The predicted octanol–water partition coefficient (Wildman–Crippen LogP) is 2.85. The highest BCUT2D eigenvalue weighted by atomic mass is 32.1. The van der Waals surface area contributed by atoms with E-state index in [0.29, 0.717) is 31.9 Å². The number of ether oxygens (including phenoxy) is 1. The molecule has 25 heavy (non-hydrogen) atoms. The Hall–Kier alpha value is -1.99. The smallest absolute Gasteiger partial charge is 0.195 e. The monoisotopic (exact) mass is 356 g/mol. The molecule has 2 aromatic heterocycles. The van der Waals surface area contributed by atoms with Gasteiger partial charge in [0.2, 0.25) is 0 Å². The number of aliphatic hydroxyl groups is 1. The van der Waals surface area contributed by atoms with Crippen LogP contribution in [-0.4, -0.2) is 53.2 Å². The fourth-order valence-electron chi connectivity index (χ4n) is 3.43. The molecule has 1 aromatic carbocycles. The number of hydrogen-bond donors (Lipinski definition) is 2. The lowest BCUT2D eigenvalue weighted by molar-refractivity contribution is -0.0162. The van der Waals surface area contributed by atoms with Gasteiger partial charge in [-0.1, -0.05) is 24.3 Å². The van der Waals surface area contributed by atoms with E-state index >= 15 is 0 Å². The summed E-state index contributed by atoms with van der Waals surface area (Å²) in [6, 6.07) is 11.2. The normalized spacial score (nSPS) is 18.3. The van der Waals surface area contributed by atoms with Crippen LogP contribution in [-0.2, 0) is 4.74 Å². The molecule has 0 bridgehead atoms. The molecule has 5 nitrogen and oxygen atoms in total. The number of morpholine rings is 1. The number of carbonyl (C=O) groups excluding carboxylic acids is 1. The second-order valence-corrected chi connectivity index (χ2v) is 7.14. The number of thiophene rings is 1. The predicted molar refractivity (Wildman–Crippen MR) is 98.1 cm³/mol. The lowest BCUT2D eigenvalue weighted by Gasteiger charge is -2.36. The van der Waals surface area contributed by atoms with Crippen molar-refractivity contribution in [2.45, 2.75) is 12.1 Å². The van der Waals surface area contributed by atoms with E-state index in [1.54, 1.807) is 17.5 Å². The maximum Gasteiger partial charge on any atom is 0.195 e. The van der Waals surface area contributed by atoms with E-state index < -0.39 is 6.10 Å². The summed E-state index contributed by atoms with van der Waals surface area (Å²) in [6.45, 7) is 2.66. The SMILES string of the molecule is O=C(c1c[nH]c2ccccc12)[C@H](O)[C@@H](c1cccs1)N1CCOCC1. The summed E-state index contributed by atoms with van der Waals surface area (Å²) < 4.78 is 5.43. The molecule has 1 fully saturated rings. The number of benzene rings is 1.